The Morgan fingerprint density at radius 3 is 2.83 bits per heavy atom. The van der Waals surface area contributed by atoms with Gasteiger partial charge in [0.15, 0.2) is 0 Å². The van der Waals surface area contributed by atoms with Crippen molar-refractivity contribution in [1.29, 1.82) is 0 Å². The van der Waals surface area contributed by atoms with Gasteiger partial charge < -0.3 is 15.4 Å². The maximum atomic E-state index is 12.1. The van der Waals surface area contributed by atoms with Crippen LogP contribution in [0.4, 0.5) is 14.5 Å². The third-order valence-corrected chi connectivity index (χ3v) is 3.11. The largest absolute Gasteiger partial charge is 0.435 e. The maximum Gasteiger partial charge on any atom is 0.387 e. The number of halogens is 2. The Morgan fingerprint density at radius 2 is 2.11 bits per heavy atom. The molecule has 1 aliphatic heterocycles. The van der Waals surface area contributed by atoms with Crippen molar-refractivity contribution in [3.63, 3.8) is 0 Å². The van der Waals surface area contributed by atoms with Crippen molar-refractivity contribution in [3.8, 4) is 5.75 Å². The molecule has 0 aliphatic carbocycles. The summed E-state index contributed by atoms with van der Waals surface area (Å²) >= 11 is 0. The zero-order chi connectivity index (χ0) is 12.8. The summed E-state index contributed by atoms with van der Waals surface area (Å²) < 4.78 is 28.5. The van der Waals surface area contributed by atoms with Crippen LogP contribution in [-0.2, 0) is 0 Å². The number of benzene rings is 1. The fourth-order valence-electron chi connectivity index (χ4n) is 2.13. The molecule has 1 saturated heterocycles. The highest BCUT2D eigenvalue weighted by Gasteiger charge is 2.12. The van der Waals surface area contributed by atoms with E-state index >= 15 is 0 Å². The molecule has 0 saturated carbocycles. The number of anilines is 1. The molecule has 0 unspecified atom stereocenters. The summed E-state index contributed by atoms with van der Waals surface area (Å²) in [6.45, 7) is 0.214. The second kappa shape index (κ2) is 6.54. The van der Waals surface area contributed by atoms with Crippen molar-refractivity contribution < 1.29 is 13.5 Å². The Bertz CT molecular complexity index is 368. The van der Waals surface area contributed by atoms with Crippen molar-refractivity contribution >= 4 is 5.69 Å². The monoisotopic (exact) mass is 256 g/mol. The Kier molecular flexibility index (Phi) is 4.75. The predicted octanol–water partition coefficient (Wildman–Crippen LogP) is 2.70. The summed E-state index contributed by atoms with van der Waals surface area (Å²) in [5, 5.41) is 6.59. The van der Waals surface area contributed by atoms with Crippen molar-refractivity contribution in [3.05, 3.63) is 24.3 Å². The smallest absolute Gasteiger partial charge is 0.387 e. The van der Waals surface area contributed by atoms with E-state index in [9.17, 15) is 8.78 Å². The third kappa shape index (κ3) is 4.14. The molecule has 1 aliphatic rings. The van der Waals surface area contributed by atoms with Gasteiger partial charge in [-0.05, 0) is 44.0 Å². The van der Waals surface area contributed by atoms with Gasteiger partial charge >= 0.3 is 6.61 Å². The molecule has 3 nitrogen and oxygen atoms in total. The van der Waals surface area contributed by atoms with Gasteiger partial charge in [-0.25, -0.2) is 0 Å². The number of nitrogens with one attached hydrogen (secondary N) is 2. The Hall–Kier alpha value is -1.36. The molecule has 1 aromatic carbocycles. The molecule has 100 valence electrons. The van der Waals surface area contributed by atoms with Crippen LogP contribution < -0.4 is 15.4 Å². The van der Waals surface area contributed by atoms with Gasteiger partial charge in [0.05, 0.1) is 0 Å². The Balaban J connectivity index is 1.84. The number of hydrogen-bond acceptors (Lipinski definition) is 3. The summed E-state index contributed by atoms with van der Waals surface area (Å²) in [5.41, 5.74) is 0.826. The Labute approximate surface area is 106 Å². The summed E-state index contributed by atoms with van der Waals surface area (Å²) in [5.74, 6) is 0.839. The lowest BCUT2D eigenvalue weighted by Crippen LogP contribution is -2.31. The number of piperidine rings is 1. The summed E-state index contributed by atoms with van der Waals surface area (Å²) in [4.78, 5) is 0. The second-order valence-corrected chi connectivity index (χ2v) is 4.48. The summed E-state index contributed by atoms with van der Waals surface area (Å²) in [7, 11) is 0. The maximum absolute atomic E-state index is 12.1. The fraction of sp³-hybridized carbons (Fsp3) is 0.538. The van der Waals surface area contributed by atoms with Crippen LogP contribution in [0.5, 0.6) is 5.75 Å². The van der Waals surface area contributed by atoms with E-state index in [1.54, 1.807) is 12.1 Å². The SMILES string of the molecule is FC(F)Oc1cccc(NCC2CCNCC2)c1. The normalized spacial score (nSPS) is 16.8. The molecule has 2 N–H and O–H groups in total. The van der Waals surface area contributed by atoms with E-state index in [1.165, 1.54) is 6.07 Å². The minimum atomic E-state index is -2.77. The van der Waals surface area contributed by atoms with Crippen LogP contribution in [0.3, 0.4) is 0 Å². The second-order valence-electron chi connectivity index (χ2n) is 4.48. The fourth-order valence-corrected chi connectivity index (χ4v) is 2.13. The minimum Gasteiger partial charge on any atom is -0.435 e. The first-order chi connectivity index (χ1) is 8.74. The third-order valence-electron chi connectivity index (χ3n) is 3.11. The average molecular weight is 256 g/mol. The molecule has 0 amide bonds. The molecule has 0 radical (unpaired) electrons. The lowest BCUT2D eigenvalue weighted by molar-refractivity contribution is -0.0498. The van der Waals surface area contributed by atoms with Crippen LogP contribution in [0.2, 0.25) is 0 Å². The lowest BCUT2D eigenvalue weighted by atomic mass is 9.98. The highest BCUT2D eigenvalue weighted by Crippen LogP contribution is 2.20. The molecule has 2 rings (SSSR count). The highest BCUT2D eigenvalue weighted by molar-refractivity contribution is 5.48. The number of hydrogen-bond donors (Lipinski definition) is 2. The van der Waals surface area contributed by atoms with Crippen molar-refractivity contribution in [2.75, 3.05) is 25.0 Å². The first-order valence-corrected chi connectivity index (χ1v) is 6.23. The molecule has 0 bridgehead atoms. The van der Waals surface area contributed by atoms with Crippen LogP contribution in [0.15, 0.2) is 24.3 Å². The van der Waals surface area contributed by atoms with Crippen LogP contribution in [-0.4, -0.2) is 26.2 Å². The van der Waals surface area contributed by atoms with Gasteiger partial charge in [0.25, 0.3) is 0 Å². The van der Waals surface area contributed by atoms with E-state index in [2.05, 4.69) is 15.4 Å². The Morgan fingerprint density at radius 1 is 1.33 bits per heavy atom. The number of ether oxygens (including phenoxy) is 1. The highest BCUT2D eigenvalue weighted by atomic mass is 19.3. The zero-order valence-corrected chi connectivity index (χ0v) is 10.2. The van der Waals surface area contributed by atoms with E-state index in [0.717, 1.165) is 38.2 Å². The van der Waals surface area contributed by atoms with E-state index in [-0.39, 0.29) is 5.75 Å². The summed E-state index contributed by atoms with van der Waals surface area (Å²) in [6, 6.07) is 6.71. The standard InChI is InChI=1S/C13H18F2N2O/c14-13(15)18-12-3-1-2-11(8-12)17-9-10-4-6-16-7-5-10/h1-3,8,10,13,16-17H,4-7,9H2. The van der Waals surface area contributed by atoms with Crippen molar-refractivity contribution in [1.82, 2.24) is 5.32 Å². The van der Waals surface area contributed by atoms with Gasteiger partial charge in [0.2, 0.25) is 0 Å². The first-order valence-electron chi connectivity index (χ1n) is 6.23. The molecule has 1 heterocycles. The average Bonchev–Trinajstić information content (AvgIpc) is 2.37. The number of rotatable bonds is 5. The minimum absolute atomic E-state index is 0.195. The quantitative estimate of drug-likeness (QED) is 0.849. The topological polar surface area (TPSA) is 33.3 Å². The molecule has 1 aromatic rings. The van der Waals surface area contributed by atoms with Crippen LogP contribution in [0, 0.1) is 5.92 Å². The number of alkyl halides is 2. The zero-order valence-electron chi connectivity index (χ0n) is 10.2. The predicted molar refractivity (Wildman–Crippen MR) is 67.2 cm³/mol. The lowest BCUT2D eigenvalue weighted by Gasteiger charge is -2.23. The molecular weight excluding hydrogens is 238 g/mol. The summed E-state index contributed by atoms with van der Waals surface area (Å²) in [6.07, 6.45) is 2.31. The van der Waals surface area contributed by atoms with Gasteiger partial charge in [0, 0.05) is 18.3 Å². The molecule has 1 fully saturated rings. The van der Waals surface area contributed by atoms with Crippen LogP contribution in [0.25, 0.3) is 0 Å². The van der Waals surface area contributed by atoms with E-state index in [0.29, 0.717) is 5.92 Å². The van der Waals surface area contributed by atoms with Gasteiger partial charge in [0.1, 0.15) is 5.75 Å². The first kappa shape index (κ1) is 13.1. The van der Waals surface area contributed by atoms with Crippen LogP contribution >= 0.6 is 0 Å². The van der Waals surface area contributed by atoms with Gasteiger partial charge in [-0.1, -0.05) is 6.07 Å². The van der Waals surface area contributed by atoms with Gasteiger partial charge in [-0.2, -0.15) is 8.78 Å². The molecule has 18 heavy (non-hydrogen) atoms. The van der Waals surface area contributed by atoms with E-state index in [4.69, 9.17) is 0 Å². The van der Waals surface area contributed by atoms with E-state index in [1.807, 2.05) is 6.07 Å². The van der Waals surface area contributed by atoms with Crippen LogP contribution in [0.1, 0.15) is 12.8 Å². The van der Waals surface area contributed by atoms with Crippen molar-refractivity contribution in [2.45, 2.75) is 19.5 Å². The van der Waals surface area contributed by atoms with Gasteiger partial charge in [-0.3, -0.25) is 0 Å². The molecule has 0 aromatic heterocycles. The molecular formula is C13H18F2N2O. The molecule has 0 spiro atoms. The molecule has 5 heteroatoms. The van der Waals surface area contributed by atoms with E-state index < -0.39 is 6.61 Å². The molecule has 0 atom stereocenters. The van der Waals surface area contributed by atoms with Gasteiger partial charge in [-0.15, -0.1) is 0 Å². The van der Waals surface area contributed by atoms with Crippen molar-refractivity contribution in [2.24, 2.45) is 5.92 Å².